The second-order valence-electron chi connectivity index (χ2n) is 7.15. The average molecular weight is 478 g/mol. The number of benzene rings is 3. The Labute approximate surface area is 188 Å². The van der Waals surface area contributed by atoms with Crippen LogP contribution < -0.4 is 0 Å². The molecule has 2 heterocycles. The first-order valence-electron chi connectivity index (χ1n) is 9.59. The quantitative estimate of drug-likeness (QED) is 0.271. The first-order chi connectivity index (χ1) is 14.7. The molecule has 30 heavy (non-hydrogen) atoms. The fourth-order valence-corrected chi connectivity index (χ4v) is 4.35. The van der Waals surface area contributed by atoms with E-state index in [4.69, 9.17) is 21.4 Å². The standard InChI is InChI=1S/C25H18BrClN2O/c1-30-25(17-6-10-19(26)11-7-17)22-15-28-29-23(16-8-12-20(27)13-9-16)14-18-4-2-3-5-21(18)24(22)29/h2-15,25H,1H3. The Kier molecular flexibility index (Phi) is 5.07. The Morgan fingerprint density at radius 1 is 0.967 bits per heavy atom. The van der Waals surface area contributed by atoms with Gasteiger partial charge in [0.2, 0.25) is 0 Å². The van der Waals surface area contributed by atoms with Gasteiger partial charge in [-0.05, 0) is 41.3 Å². The van der Waals surface area contributed by atoms with Crippen LogP contribution in [0.3, 0.4) is 0 Å². The summed E-state index contributed by atoms with van der Waals surface area (Å²) in [5.74, 6) is 0. The number of nitrogens with zero attached hydrogens (tertiary/aromatic N) is 2. The summed E-state index contributed by atoms with van der Waals surface area (Å²) in [6.07, 6.45) is 1.69. The number of aromatic nitrogens is 2. The maximum Gasteiger partial charge on any atom is 0.111 e. The van der Waals surface area contributed by atoms with Crippen LogP contribution in [-0.2, 0) is 4.74 Å². The zero-order valence-electron chi connectivity index (χ0n) is 16.2. The number of methoxy groups -OCH3 is 1. The number of pyridine rings is 1. The van der Waals surface area contributed by atoms with Gasteiger partial charge in [0.05, 0.1) is 17.4 Å². The number of hydrogen-bond acceptors (Lipinski definition) is 2. The molecule has 2 aromatic heterocycles. The van der Waals surface area contributed by atoms with Crippen LogP contribution >= 0.6 is 27.5 Å². The summed E-state index contributed by atoms with van der Waals surface area (Å²) in [6.45, 7) is 0. The van der Waals surface area contributed by atoms with E-state index in [1.54, 1.807) is 7.11 Å². The first kappa shape index (κ1) is 19.3. The van der Waals surface area contributed by atoms with Crippen LogP contribution in [0.1, 0.15) is 17.2 Å². The molecule has 0 spiro atoms. The van der Waals surface area contributed by atoms with Gasteiger partial charge < -0.3 is 4.74 Å². The highest BCUT2D eigenvalue weighted by molar-refractivity contribution is 9.10. The van der Waals surface area contributed by atoms with Crippen molar-refractivity contribution in [2.75, 3.05) is 7.11 Å². The zero-order valence-corrected chi connectivity index (χ0v) is 18.6. The molecule has 3 nitrogen and oxygen atoms in total. The lowest BCUT2D eigenvalue weighted by Crippen LogP contribution is -2.04. The third kappa shape index (κ3) is 3.31. The van der Waals surface area contributed by atoms with E-state index < -0.39 is 0 Å². The molecule has 1 unspecified atom stereocenters. The van der Waals surface area contributed by atoms with Gasteiger partial charge in [0.15, 0.2) is 0 Å². The summed E-state index contributed by atoms with van der Waals surface area (Å²) in [6, 6.07) is 26.6. The molecule has 5 rings (SSSR count). The fourth-order valence-electron chi connectivity index (χ4n) is 3.96. The van der Waals surface area contributed by atoms with E-state index in [0.29, 0.717) is 5.02 Å². The molecular formula is C25H18BrClN2O. The minimum atomic E-state index is -0.223. The molecule has 1 atom stereocenters. The topological polar surface area (TPSA) is 26.5 Å². The molecule has 148 valence electrons. The maximum atomic E-state index is 6.11. The highest BCUT2D eigenvalue weighted by Crippen LogP contribution is 2.36. The van der Waals surface area contributed by atoms with E-state index >= 15 is 0 Å². The summed E-state index contributed by atoms with van der Waals surface area (Å²) in [5, 5.41) is 7.78. The summed E-state index contributed by atoms with van der Waals surface area (Å²) >= 11 is 9.62. The van der Waals surface area contributed by atoms with Crippen LogP contribution in [0.4, 0.5) is 0 Å². The molecule has 5 aromatic rings. The predicted molar refractivity (Wildman–Crippen MR) is 126 cm³/mol. The molecule has 3 aromatic carbocycles. The van der Waals surface area contributed by atoms with Gasteiger partial charge in [0, 0.05) is 33.1 Å². The predicted octanol–water partition coefficient (Wildman–Crippen LogP) is 7.31. The normalized spacial score (nSPS) is 12.5. The van der Waals surface area contributed by atoms with E-state index in [1.165, 1.54) is 0 Å². The highest BCUT2D eigenvalue weighted by Gasteiger charge is 2.21. The molecule has 0 aliphatic rings. The van der Waals surface area contributed by atoms with Crippen molar-refractivity contribution in [3.8, 4) is 11.3 Å². The van der Waals surface area contributed by atoms with Gasteiger partial charge in [-0.1, -0.05) is 76.1 Å². The summed E-state index contributed by atoms with van der Waals surface area (Å²) in [5.41, 5.74) is 5.23. The molecule has 0 saturated carbocycles. The SMILES string of the molecule is COC(c1ccc(Br)cc1)c1cnn2c(-c3ccc(Cl)cc3)cc3ccccc3c12. The van der Waals surface area contributed by atoms with E-state index in [0.717, 1.165) is 43.1 Å². The minimum absolute atomic E-state index is 0.223. The van der Waals surface area contributed by atoms with Crippen molar-refractivity contribution in [1.29, 1.82) is 0 Å². The molecule has 0 N–H and O–H groups in total. The monoisotopic (exact) mass is 476 g/mol. The second-order valence-corrected chi connectivity index (χ2v) is 8.50. The Hall–Kier alpha value is -2.66. The van der Waals surface area contributed by atoms with Gasteiger partial charge in [-0.15, -0.1) is 0 Å². The average Bonchev–Trinajstić information content (AvgIpc) is 3.21. The van der Waals surface area contributed by atoms with Crippen molar-refractivity contribution in [2.45, 2.75) is 6.10 Å². The molecular weight excluding hydrogens is 460 g/mol. The van der Waals surface area contributed by atoms with Crippen molar-refractivity contribution >= 4 is 43.8 Å². The van der Waals surface area contributed by atoms with E-state index in [9.17, 15) is 0 Å². The van der Waals surface area contributed by atoms with Crippen LogP contribution in [0, 0.1) is 0 Å². The number of halogens is 2. The fraction of sp³-hybridized carbons (Fsp3) is 0.0800. The highest BCUT2D eigenvalue weighted by atomic mass is 79.9. The van der Waals surface area contributed by atoms with Gasteiger partial charge in [-0.2, -0.15) is 5.10 Å². The summed E-state index contributed by atoms with van der Waals surface area (Å²) in [7, 11) is 1.74. The van der Waals surface area contributed by atoms with Crippen LogP contribution in [0.15, 0.2) is 89.5 Å². The van der Waals surface area contributed by atoms with Gasteiger partial charge >= 0.3 is 0 Å². The molecule has 0 saturated heterocycles. The zero-order chi connectivity index (χ0) is 20.7. The lowest BCUT2D eigenvalue weighted by atomic mass is 9.99. The molecule has 0 amide bonds. The van der Waals surface area contributed by atoms with Crippen LogP contribution in [0.25, 0.3) is 27.5 Å². The largest absolute Gasteiger partial charge is 0.372 e. The Morgan fingerprint density at radius 2 is 1.70 bits per heavy atom. The minimum Gasteiger partial charge on any atom is -0.372 e. The third-order valence-electron chi connectivity index (χ3n) is 5.36. The molecule has 0 aliphatic carbocycles. The number of hydrogen-bond donors (Lipinski definition) is 0. The molecule has 0 fully saturated rings. The molecule has 0 bridgehead atoms. The summed E-state index contributed by atoms with van der Waals surface area (Å²) in [4.78, 5) is 0. The van der Waals surface area contributed by atoms with Crippen molar-refractivity contribution < 1.29 is 4.74 Å². The number of ether oxygens (including phenoxy) is 1. The van der Waals surface area contributed by atoms with Crippen LogP contribution in [-0.4, -0.2) is 16.7 Å². The lowest BCUT2D eigenvalue weighted by Gasteiger charge is -2.17. The van der Waals surface area contributed by atoms with E-state index in [-0.39, 0.29) is 6.10 Å². The Morgan fingerprint density at radius 3 is 2.43 bits per heavy atom. The second kappa shape index (κ2) is 7.88. The van der Waals surface area contributed by atoms with Crippen molar-refractivity contribution in [3.63, 3.8) is 0 Å². The number of rotatable bonds is 4. The smallest absolute Gasteiger partial charge is 0.111 e. The van der Waals surface area contributed by atoms with Crippen molar-refractivity contribution in [2.24, 2.45) is 0 Å². The van der Waals surface area contributed by atoms with Crippen molar-refractivity contribution in [1.82, 2.24) is 9.61 Å². The van der Waals surface area contributed by atoms with Gasteiger partial charge in [0.25, 0.3) is 0 Å². The first-order valence-corrected chi connectivity index (χ1v) is 10.8. The van der Waals surface area contributed by atoms with E-state index in [2.05, 4.69) is 58.4 Å². The maximum absolute atomic E-state index is 6.11. The lowest BCUT2D eigenvalue weighted by molar-refractivity contribution is 0.137. The number of fused-ring (bicyclic) bond motifs is 3. The molecule has 0 aliphatic heterocycles. The Bertz CT molecular complexity index is 1340. The molecule has 0 radical (unpaired) electrons. The summed E-state index contributed by atoms with van der Waals surface area (Å²) < 4.78 is 9.00. The van der Waals surface area contributed by atoms with E-state index in [1.807, 2.05) is 47.1 Å². The molecule has 5 heteroatoms. The van der Waals surface area contributed by atoms with Crippen LogP contribution in [0.5, 0.6) is 0 Å². The third-order valence-corrected chi connectivity index (χ3v) is 6.15. The van der Waals surface area contributed by atoms with Gasteiger partial charge in [-0.3, -0.25) is 0 Å². The van der Waals surface area contributed by atoms with Crippen LogP contribution in [0.2, 0.25) is 5.02 Å². The van der Waals surface area contributed by atoms with Gasteiger partial charge in [0.1, 0.15) is 6.10 Å². The van der Waals surface area contributed by atoms with Crippen molar-refractivity contribution in [3.05, 3.63) is 106 Å². The Balaban J connectivity index is 1.80. The van der Waals surface area contributed by atoms with Gasteiger partial charge in [-0.25, -0.2) is 4.52 Å².